The lowest BCUT2D eigenvalue weighted by atomic mass is 10.1. The van der Waals surface area contributed by atoms with Gasteiger partial charge in [-0.1, -0.05) is 11.6 Å². The Morgan fingerprint density at radius 1 is 1.19 bits per heavy atom. The van der Waals surface area contributed by atoms with Gasteiger partial charge in [-0.05, 0) is 40.8 Å². The highest BCUT2D eigenvalue weighted by Crippen LogP contribution is 2.34. The van der Waals surface area contributed by atoms with Gasteiger partial charge in [-0.25, -0.2) is 9.97 Å². The molecule has 5 heteroatoms. The van der Waals surface area contributed by atoms with Gasteiger partial charge >= 0.3 is 0 Å². The molecule has 0 saturated carbocycles. The summed E-state index contributed by atoms with van der Waals surface area (Å²) in [4.78, 5) is 8.25. The van der Waals surface area contributed by atoms with Crippen molar-refractivity contribution in [2.75, 3.05) is 7.11 Å². The lowest BCUT2D eigenvalue weighted by Gasteiger charge is -2.08. The van der Waals surface area contributed by atoms with Crippen molar-refractivity contribution in [1.29, 1.82) is 0 Å². The first kappa shape index (κ1) is 11.6. The number of halogens is 2. The molecule has 0 amide bonds. The predicted molar refractivity (Wildman–Crippen MR) is 71.7 cm³/mol. The lowest BCUT2D eigenvalue weighted by molar-refractivity contribution is 0.399. The average Bonchev–Trinajstić information content (AvgIpc) is 2.33. The van der Waals surface area contributed by atoms with E-state index in [-0.39, 0.29) is 0 Å². The summed E-state index contributed by atoms with van der Waals surface area (Å²) in [5.74, 6) is 0.561. The molecule has 2 aromatic heterocycles. The van der Waals surface area contributed by atoms with Crippen molar-refractivity contribution in [1.82, 2.24) is 9.97 Å². The van der Waals surface area contributed by atoms with Crippen LogP contribution in [0.2, 0.25) is 5.02 Å². The van der Waals surface area contributed by atoms with Crippen LogP contribution in [0.4, 0.5) is 0 Å². The lowest BCUT2D eigenvalue weighted by Crippen LogP contribution is -1.93. The molecule has 0 unspecified atom stereocenters. The van der Waals surface area contributed by atoms with Crippen molar-refractivity contribution in [3.63, 3.8) is 0 Å². The molecule has 0 spiro atoms. The minimum atomic E-state index is 0.561. The molecule has 0 aliphatic rings. The standard InChI is InChI=1S/C11H8ClIN2O/c1-16-11-8(3-2-5-15-11)7-4-6-14-10(13)9(7)12/h2-6H,1H3. The number of pyridine rings is 2. The Morgan fingerprint density at radius 2 is 2.00 bits per heavy atom. The highest BCUT2D eigenvalue weighted by atomic mass is 127. The Kier molecular flexibility index (Phi) is 3.60. The summed E-state index contributed by atoms with van der Waals surface area (Å²) in [6, 6.07) is 5.62. The Morgan fingerprint density at radius 3 is 2.75 bits per heavy atom. The number of rotatable bonds is 2. The van der Waals surface area contributed by atoms with E-state index in [1.165, 1.54) is 0 Å². The van der Waals surface area contributed by atoms with Gasteiger partial charge in [-0.15, -0.1) is 0 Å². The summed E-state index contributed by atoms with van der Waals surface area (Å²) in [5, 5.41) is 0.620. The zero-order valence-electron chi connectivity index (χ0n) is 8.45. The predicted octanol–water partition coefficient (Wildman–Crippen LogP) is 3.41. The summed E-state index contributed by atoms with van der Waals surface area (Å²) in [6.45, 7) is 0. The summed E-state index contributed by atoms with van der Waals surface area (Å²) in [6.07, 6.45) is 3.40. The maximum Gasteiger partial charge on any atom is 0.221 e. The summed E-state index contributed by atoms with van der Waals surface area (Å²) in [5.41, 5.74) is 1.75. The Hall–Kier alpha value is -0.880. The van der Waals surface area contributed by atoms with Gasteiger partial charge < -0.3 is 4.74 Å². The second kappa shape index (κ2) is 4.97. The van der Waals surface area contributed by atoms with Crippen LogP contribution >= 0.6 is 34.2 Å². The zero-order valence-corrected chi connectivity index (χ0v) is 11.4. The van der Waals surface area contributed by atoms with Crippen molar-refractivity contribution in [2.24, 2.45) is 0 Å². The minimum absolute atomic E-state index is 0.561. The molecule has 0 fully saturated rings. The van der Waals surface area contributed by atoms with Gasteiger partial charge in [0.05, 0.1) is 12.1 Å². The molecule has 82 valence electrons. The molecule has 0 saturated heterocycles. The maximum absolute atomic E-state index is 6.20. The summed E-state index contributed by atoms with van der Waals surface area (Å²) in [7, 11) is 1.59. The van der Waals surface area contributed by atoms with Crippen LogP contribution in [0.15, 0.2) is 30.6 Å². The molecule has 0 aromatic carbocycles. The number of hydrogen-bond acceptors (Lipinski definition) is 3. The van der Waals surface area contributed by atoms with Gasteiger partial charge in [-0.3, -0.25) is 0 Å². The van der Waals surface area contributed by atoms with Gasteiger partial charge in [-0.2, -0.15) is 0 Å². The fourth-order valence-corrected chi connectivity index (χ4v) is 2.05. The van der Waals surface area contributed by atoms with Crippen LogP contribution in [0.3, 0.4) is 0 Å². The van der Waals surface area contributed by atoms with E-state index in [2.05, 4.69) is 32.6 Å². The summed E-state index contributed by atoms with van der Waals surface area (Å²) >= 11 is 8.30. The first-order valence-electron chi connectivity index (χ1n) is 4.53. The quantitative estimate of drug-likeness (QED) is 0.617. The molecule has 0 aliphatic carbocycles. The molecular formula is C11H8ClIN2O. The van der Waals surface area contributed by atoms with E-state index >= 15 is 0 Å². The zero-order chi connectivity index (χ0) is 11.5. The molecule has 0 aliphatic heterocycles. The van der Waals surface area contributed by atoms with E-state index in [1.54, 1.807) is 19.5 Å². The Labute approximate surface area is 112 Å². The van der Waals surface area contributed by atoms with Crippen LogP contribution in [0.5, 0.6) is 5.88 Å². The van der Waals surface area contributed by atoms with E-state index in [4.69, 9.17) is 16.3 Å². The summed E-state index contributed by atoms with van der Waals surface area (Å²) < 4.78 is 5.97. The SMILES string of the molecule is COc1ncccc1-c1ccnc(I)c1Cl. The fourth-order valence-electron chi connectivity index (χ4n) is 1.38. The topological polar surface area (TPSA) is 35.0 Å². The Balaban J connectivity index is 2.63. The molecule has 2 rings (SSSR count). The number of aromatic nitrogens is 2. The molecular weight excluding hydrogens is 338 g/mol. The second-order valence-electron chi connectivity index (χ2n) is 3.02. The molecule has 0 atom stereocenters. The highest BCUT2D eigenvalue weighted by molar-refractivity contribution is 14.1. The molecule has 3 nitrogen and oxygen atoms in total. The van der Waals surface area contributed by atoms with Crippen LogP contribution in [0.1, 0.15) is 0 Å². The molecule has 0 radical (unpaired) electrons. The molecule has 16 heavy (non-hydrogen) atoms. The molecule has 2 aromatic rings. The van der Waals surface area contributed by atoms with Crippen molar-refractivity contribution < 1.29 is 4.74 Å². The third-order valence-electron chi connectivity index (χ3n) is 2.10. The van der Waals surface area contributed by atoms with Crippen molar-refractivity contribution in [3.05, 3.63) is 39.3 Å². The normalized spacial score (nSPS) is 10.2. The largest absolute Gasteiger partial charge is 0.481 e. The number of ether oxygens (including phenoxy) is 1. The monoisotopic (exact) mass is 346 g/mol. The van der Waals surface area contributed by atoms with Crippen LogP contribution in [0.25, 0.3) is 11.1 Å². The number of hydrogen-bond donors (Lipinski definition) is 0. The van der Waals surface area contributed by atoms with Crippen molar-refractivity contribution in [2.45, 2.75) is 0 Å². The van der Waals surface area contributed by atoms with Gasteiger partial charge in [0.1, 0.15) is 3.70 Å². The molecule has 2 heterocycles. The third kappa shape index (κ3) is 2.12. The smallest absolute Gasteiger partial charge is 0.221 e. The van der Waals surface area contributed by atoms with E-state index in [9.17, 15) is 0 Å². The highest BCUT2D eigenvalue weighted by Gasteiger charge is 2.12. The van der Waals surface area contributed by atoms with Gasteiger partial charge in [0.25, 0.3) is 0 Å². The van der Waals surface area contributed by atoms with E-state index in [0.29, 0.717) is 10.9 Å². The second-order valence-corrected chi connectivity index (χ2v) is 4.42. The van der Waals surface area contributed by atoms with Crippen molar-refractivity contribution in [3.8, 4) is 17.0 Å². The van der Waals surface area contributed by atoms with Crippen LogP contribution < -0.4 is 4.74 Å². The maximum atomic E-state index is 6.20. The van der Waals surface area contributed by atoms with Gasteiger partial charge in [0.2, 0.25) is 5.88 Å². The Bertz CT molecular complexity index is 519. The van der Waals surface area contributed by atoms with E-state index in [0.717, 1.165) is 14.8 Å². The van der Waals surface area contributed by atoms with Crippen LogP contribution in [-0.4, -0.2) is 17.1 Å². The van der Waals surface area contributed by atoms with Crippen LogP contribution in [0, 0.1) is 3.70 Å². The third-order valence-corrected chi connectivity index (χ3v) is 3.62. The van der Waals surface area contributed by atoms with E-state index in [1.807, 2.05) is 18.2 Å². The minimum Gasteiger partial charge on any atom is -0.481 e. The fraction of sp³-hybridized carbons (Fsp3) is 0.0909. The van der Waals surface area contributed by atoms with Gasteiger partial charge in [0.15, 0.2) is 0 Å². The van der Waals surface area contributed by atoms with Crippen LogP contribution in [-0.2, 0) is 0 Å². The first-order chi connectivity index (χ1) is 7.74. The van der Waals surface area contributed by atoms with Crippen molar-refractivity contribution >= 4 is 34.2 Å². The molecule has 0 bridgehead atoms. The first-order valence-corrected chi connectivity index (χ1v) is 5.99. The molecule has 0 N–H and O–H groups in total. The average molecular weight is 347 g/mol. The van der Waals surface area contributed by atoms with E-state index < -0.39 is 0 Å². The number of nitrogens with zero attached hydrogens (tertiary/aromatic N) is 2. The number of methoxy groups -OCH3 is 1. The van der Waals surface area contributed by atoms with Gasteiger partial charge in [0, 0.05) is 23.5 Å².